The molecule has 2 aromatic carbocycles. The van der Waals surface area contributed by atoms with Crippen LogP contribution in [0.25, 0.3) is 0 Å². The van der Waals surface area contributed by atoms with E-state index in [-0.39, 0.29) is 21.2 Å². The Morgan fingerprint density at radius 1 is 1.00 bits per heavy atom. The van der Waals surface area contributed by atoms with E-state index in [1.165, 1.54) is 30.3 Å². The Labute approximate surface area is 162 Å². The van der Waals surface area contributed by atoms with E-state index in [4.69, 9.17) is 11.6 Å². The molecule has 2 N–H and O–H groups in total. The number of nitrogens with one attached hydrogen (secondary N) is 2. The zero-order valence-electron chi connectivity index (χ0n) is 14.1. The Kier molecular flexibility index (Phi) is 5.73. The number of anilines is 1. The number of halogens is 1. The van der Waals surface area contributed by atoms with Gasteiger partial charge in [0, 0.05) is 24.6 Å². The lowest BCUT2D eigenvalue weighted by atomic mass is 10.2. The SMILES string of the molecule is O=C(NCc1ccncc1)c1cc(NS(=O)(=O)c2ccccc2)ccc1Cl. The average molecular weight is 402 g/mol. The molecule has 0 unspecified atom stereocenters. The molecule has 27 heavy (non-hydrogen) atoms. The van der Waals surface area contributed by atoms with Crippen LogP contribution in [0.15, 0.2) is 78.0 Å². The van der Waals surface area contributed by atoms with Crippen molar-refractivity contribution in [1.29, 1.82) is 0 Å². The number of rotatable bonds is 6. The molecule has 3 rings (SSSR count). The molecular weight excluding hydrogens is 386 g/mol. The molecule has 138 valence electrons. The summed E-state index contributed by atoms with van der Waals surface area (Å²) < 4.78 is 27.3. The molecule has 0 radical (unpaired) electrons. The number of sulfonamides is 1. The van der Waals surface area contributed by atoms with Crippen LogP contribution in [0.2, 0.25) is 5.02 Å². The van der Waals surface area contributed by atoms with Crippen molar-refractivity contribution in [2.45, 2.75) is 11.4 Å². The molecule has 0 saturated carbocycles. The van der Waals surface area contributed by atoms with Crippen LogP contribution in [0.5, 0.6) is 0 Å². The van der Waals surface area contributed by atoms with Crippen molar-refractivity contribution in [3.05, 3.63) is 89.2 Å². The summed E-state index contributed by atoms with van der Waals surface area (Å²) in [5.74, 6) is -0.405. The smallest absolute Gasteiger partial charge is 0.261 e. The molecule has 0 aliphatic rings. The maximum Gasteiger partial charge on any atom is 0.261 e. The highest BCUT2D eigenvalue weighted by Gasteiger charge is 2.16. The van der Waals surface area contributed by atoms with E-state index in [0.717, 1.165) is 5.56 Å². The zero-order valence-corrected chi connectivity index (χ0v) is 15.7. The summed E-state index contributed by atoms with van der Waals surface area (Å²) in [4.78, 5) is 16.5. The Balaban J connectivity index is 1.77. The normalized spacial score (nSPS) is 11.0. The lowest BCUT2D eigenvalue weighted by molar-refractivity contribution is 0.0951. The number of aromatic nitrogens is 1. The zero-order chi connectivity index (χ0) is 19.3. The van der Waals surface area contributed by atoms with Gasteiger partial charge < -0.3 is 5.32 Å². The van der Waals surface area contributed by atoms with E-state index in [9.17, 15) is 13.2 Å². The van der Waals surface area contributed by atoms with E-state index in [2.05, 4.69) is 15.0 Å². The highest BCUT2D eigenvalue weighted by Crippen LogP contribution is 2.23. The van der Waals surface area contributed by atoms with Gasteiger partial charge in [-0.25, -0.2) is 8.42 Å². The first kappa shape index (κ1) is 18.9. The summed E-state index contributed by atoms with van der Waals surface area (Å²) in [6, 6.07) is 15.9. The van der Waals surface area contributed by atoms with E-state index in [1.54, 1.807) is 42.7 Å². The van der Waals surface area contributed by atoms with E-state index in [0.29, 0.717) is 6.54 Å². The van der Waals surface area contributed by atoms with Gasteiger partial charge in [0.15, 0.2) is 0 Å². The maximum atomic E-state index is 12.4. The largest absolute Gasteiger partial charge is 0.348 e. The van der Waals surface area contributed by atoms with Gasteiger partial charge in [-0.1, -0.05) is 29.8 Å². The number of hydrogen-bond acceptors (Lipinski definition) is 4. The van der Waals surface area contributed by atoms with Crippen molar-refractivity contribution in [2.75, 3.05) is 4.72 Å². The summed E-state index contributed by atoms with van der Waals surface area (Å²) >= 11 is 6.11. The van der Waals surface area contributed by atoms with E-state index < -0.39 is 15.9 Å². The lowest BCUT2D eigenvalue weighted by Crippen LogP contribution is -2.23. The number of hydrogen-bond donors (Lipinski definition) is 2. The van der Waals surface area contributed by atoms with Crippen LogP contribution in [-0.2, 0) is 16.6 Å². The fourth-order valence-electron chi connectivity index (χ4n) is 2.35. The summed E-state index contributed by atoms with van der Waals surface area (Å²) in [7, 11) is -3.76. The fraction of sp³-hybridized carbons (Fsp3) is 0.0526. The van der Waals surface area contributed by atoms with Gasteiger partial charge in [0.25, 0.3) is 15.9 Å². The van der Waals surface area contributed by atoms with Crippen molar-refractivity contribution in [2.24, 2.45) is 0 Å². The molecule has 0 fully saturated rings. The highest BCUT2D eigenvalue weighted by molar-refractivity contribution is 7.92. The van der Waals surface area contributed by atoms with Crippen LogP contribution in [-0.4, -0.2) is 19.3 Å². The van der Waals surface area contributed by atoms with Crippen molar-refractivity contribution in [1.82, 2.24) is 10.3 Å². The summed E-state index contributed by atoms with van der Waals surface area (Å²) in [5.41, 5.74) is 1.31. The van der Waals surface area contributed by atoms with Gasteiger partial charge in [-0.3, -0.25) is 14.5 Å². The third-order valence-corrected chi connectivity index (χ3v) is 5.45. The minimum atomic E-state index is -3.76. The predicted octanol–water partition coefficient (Wildman–Crippen LogP) is 3.47. The molecule has 0 aliphatic carbocycles. The second-order valence-corrected chi connectivity index (χ2v) is 7.74. The molecular formula is C19H16ClN3O3S. The molecule has 1 amide bonds. The second kappa shape index (κ2) is 8.20. The van der Waals surface area contributed by atoms with Gasteiger partial charge in [-0.15, -0.1) is 0 Å². The topological polar surface area (TPSA) is 88.2 Å². The molecule has 6 nitrogen and oxygen atoms in total. The monoisotopic (exact) mass is 401 g/mol. The first-order chi connectivity index (χ1) is 13.0. The van der Waals surface area contributed by atoms with Crippen molar-refractivity contribution in [3.63, 3.8) is 0 Å². The van der Waals surface area contributed by atoms with Crippen LogP contribution in [0, 0.1) is 0 Å². The molecule has 0 bridgehead atoms. The van der Waals surface area contributed by atoms with Gasteiger partial charge in [-0.2, -0.15) is 0 Å². The predicted molar refractivity (Wildman–Crippen MR) is 104 cm³/mol. The number of pyridine rings is 1. The van der Waals surface area contributed by atoms with Crippen molar-refractivity contribution in [3.8, 4) is 0 Å². The minimum absolute atomic E-state index is 0.128. The molecule has 3 aromatic rings. The van der Waals surface area contributed by atoms with Crippen LogP contribution in [0.3, 0.4) is 0 Å². The van der Waals surface area contributed by atoms with Crippen LogP contribution in [0.1, 0.15) is 15.9 Å². The molecule has 8 heteroatoms. The van der Waals surface area contributed by atoms with E-state index >= 15 is 0 Å². The highest BCUT2D eigenvalue weighted by atomic mass is 35.5. The number of benzene rings is 2. The second-order valence-electron chi connectivity index (χ2n) is 5.65. The van der Waals surface area contributed by atoms with Crippen molar-refractivity contribution >= 4 is 33.2 Å². The standard InChI is InChI=1S/C19H16ClN3O3S/c20-18-7-6-15(23-27(25,26)16-4-2-1-3-5-16)12-17(18)19(24)22-13-14-8-10-21-11-9-14/h1-12,23H,13H2,(H,22,24). The first-order valence-corrected chi connectivity index (χ1v) is 9.86. The summed E-state index contributed by atoms with van der Waals surface area (Å²) in [6.45, 7) is 0.303. The average Bonchev–Trinajstić information content (AvgIpc) is 2.69. The van der Waals surface area contributed by atoms with Crippen molar-refractivity contribution < 1.29 is 13.2 Å². The van der Waals surface area contributed by atoms with E-state index in [1.807, 2.05) is 0 Å². The van der Waals surface area contributed by atoms with Gasteiger partial charge >= 0.3 is 0 Å². The van der Waals surface area contributed by atoms with Gasteiger partial charge in [0.1, 0.15) is 0 Å². The third-order valence-electron chi connectivity index (χ3n) is 3.72. The number of amides is 1. The fourth-order valence-corrected chi connectivity index (χ4v) is 3.63. The number of nitrogens with zero attached hydrogens (tertiary/aromatic N) is 1. The van der Waals surface area contributed by atoms with Crippen LogP contribution < -0.4 is 10.0 Å². The Bertz CT molecular complexity index is 1040. The Hall–Kier alpha value is -2.90. The molecule has 1 heterocycles. The van der Waals surface area contributed by atoms with Gasteiger partial charge in [0.2, 0.25) is 0 Å². The number of carbonyl (C=O) groups excluding carboxylic acids is 1. The molecule has 0 spiro atoms. The minimum Gasteiger partial charge on any atom is -0.348 e. The molecule has 0 saturated heterocycles. The third kappa shape index (κ3) is 4.84. The quantitative estimate of drug-likeness (QED) is 0.662. The summed E-state index contributed by atoms with van der Waals surface area (Å²) in [6.07, 6.45) is 3.26. The molecule has 0 aliphatic heterocycles. The first-order valence-electron chi connectivity index (χ1n) is 8.00. The van der Waals surface area contributed by atoms with Gasteiger partial charge in [0.05, 0.1) is 15.5 Å². The Morgan fingerprint density at radius 2 is 1.70 bits per heavy atom. The molecule has 0 atom stereocenters. The van der Waals surface area contributed by atoms with Gasteiger partial charge in [-0.05, 0) is 48.0 Å². The number of carbonyl (C=O) groups is 1. The maximum absolute atomic E-state index is 12.4. The van der Waals surface area contributed by atoms with Crippen LogP contribution >= 0.6 is 11.6 Å². The lowest BCUT2D eigenvalue weighted by Gasteiger charge is -2.11. The summed E-state index contributed by atoms with van der Waals surface area (Å²) in [5, 5.41) is 2.98. The Morgan fingerprint density at radius 3 is 2.41 bits per heavy atom. The molecule has 1 aromatic heterocycles. The van der Waals surface area contributed by atoms with Crippen LogP contribution in [0.4, 0.5) is 5.69 Å².